The zero-order valence-corrected chi connectivity index (χ0v) is 40.7. The summed E-state index contributed by atoms with van der Waals surface area (Å²) in [5.74, 6) is -1.72. The summed E-state index contributed by atoms with van der Waals surface area (Å²) in [5.41, 5.74) is -5.89. The van der Waals surface area contributed by atoms with E-state index in [2.05, 4.69) is 15.1 Å². The Balaban J connectivity index is 1.16. The molecule has 0 radical (unpaired) electrons. The number of pyridine rings is 1. The number of amides is 3. The summed E-state index contributed by atoms with van der Waals surface area (Å²) in [6, 6.07) is 5.67. The second kappa shape index (κ2) is 20.5. The van der Waals surface area contributed by atoms with Crippen LogP contribution < -0.4 is 10.9 Å². The summed E-state index contributed by atoms with van der Waals surface area (Å²) < 4.78 is 58.2. The zero-order valence-electron chi connectivity index (χ0n) is 37.4. The molecule has 3 aromatic rings. The summed E-state index contributed by atoms with van der Waals surface area (Å²) in [6.07, 6.45) is 5.02. The fraction of sp³-hybridized carbons (Fsp3) is 0.578. The maximum Gasteiger partial charge on any atom is 0.404 e. The van der Waals surface area contributed by atoms with Crippen molar-refractivity contribution in [3.63, 3.8) is 0 Å². The van der Waals surface area contributed by atoms with E-state index in [1.165, 1.54) is 24.4 Å². The SMILES string of the molecule is [C-]#[N+][C@@H]1CN(C(=O)[C@@H]2CC[C@@H]3CCCC[C@H](NC(=O)c4cc5cc(C(F)(F)P(=O)(OCCSC(=O)C(C)(C)C)OCCSC(=O)C(C)(C)C)ccc5s4)C(=O)N32)C[C@H]1c1cc[nH]c(=O)c1. The van der Waals surface area contributed by atoms with Gasteiger partial charge >= 0.3 is 13.3 Å². The van der Waals surface area contributed by atoms with Gasteiger partial charge in [-0.1, -0.05) is 84.0 Å². The van der Waals surface area contributed by atoms with Gasteiger partial charge in [-0.05, 0) is 60.9 Å². The quantitative estimate of drug-likeness (QED) is 0.0901. The van der Waals surface area contributed by atoms with Crippen LogP contribution in [0.2, 0.25) is 0 Å². The minimum Gasteiger partial charge on any atom is -0.340 e. The van der Waals surface area contributed by atoms with Crippen LogP contribution in [0.4, 0.5) is 8.78 Å². The molecule has 2 N–H and O–H groups in total. The predicted molar refractivity (Wildman–Crippen MR) is 249 cm³/mol. The molecule has 352 valence electrons. The van der Waals surface area contributed by atoms with Crippen molar-refractivity contribution in [2.24, 2.45) is 10.8 Å². The monoisotopic (exact) mass is 975 g/mol. The number of halogens is 2. The van der Waals surface area contributed by atoms with Gasteiger partial charge < -0.3 is 34.0 Å². The highest BCUT2D eigenvalue weighted by Gasteiger charge is 2.55. The van der Waals surface area contributed by atoms with Crippen molar-refractivity contribution in [2.45, 2.75) is 116 Å². The molecule has 0 bridgehead atoms. The standard InChI is InChI=1S/C45H56F2N5O9PS3/c1-43(2,3)41(57)63-20-18-60-62(59,61-19-21-64-42(58)44(4,5)6)45(46,47)29-12-15-35-28(22-29)23-36(65-35)38(54)50-32-11-9-8-10-30-13-14-34(52(30)39(32)55)40(56)51-25-31(33(26-51)48-7)27-16-17-49-37(53)24-27/h12,15-17,22-24,30-34H,8-11,13-14,18-21,25-26H2,1-6H3,(H,49,53)(H,50,54)/t30-,31-,32-,33+,34-/m0/s1. The van der Waals surface area contributed by atoms with Crippen molar-refractivity contribution < 1.29 is 46.4 Å². The first-order valence-electron chi connectivity index (χ1n) is 21.7. The van der Waals surface area contributed by atoms with E-state index in [1.54, 1.807) is 57.4 Å². The molecule has 3 saturated heterocycles. The van der Waals surface area contributed by atoms with Gasteiger partial charge in [-0.3, -0.25) is 33.3 Å². The third-order valence-corrected chi connectivity index (χ3v) is 17.3. The molecular weight excluding hydrogens is 920 g/mol. The smallest absolute Gasteiger partial charge is 0.340 e. The van der Waals surface area contributed by atoms with Crippen LogP contribution >= 0.6 is 42.5 Å². The first-order chi connectivity index (χ1) is 30.5. The van der Waals surface area contributed by atoms with Crippen LogP contribution in [0, 0.1) is 17.4 Å². The van der Waals surface area contributed by atoms with Gasteiger partial charge in [0.2, 0.25) is 23.4 Å². The van der Waals surface area contributed by atoms with E-state index >= 15 is 8.78 Å². The molecule has 1 aromatic carbocycles. The highest BCUT2D eigenvalue weighted by Crippen LogP contribution is 2.67. The number of carbonyl (C=O) groups is 5. The Bertz CT molecular complexity index is 2410. The van der Waals surface area contributed by atoms with Gasteiger partial charge in [0, 0.05) is 57.4 Å². The molecule has 0 saturated carbocycles. The number of hydrogen-bond acceptors (Lipinski definition) is 12. The number of fused-ring (bicyclic) bond motifs is 2. The number of nitrogens with zero attached hydrogens (tertiary/aromatic N) is 3. The molecule has 14 nitrogen and oxygen atoms in total. The Kier molecular flexibility index (Phi) is 15.9. The minimum atomic E-state index is -5.28. The number of nitrogens with one attached hydrogen (secondary N) is 2. The molecule has 5 atom stereocenters. The van der Waals surface area contributed by atoms with Gasteiger partial charge in [0.1, 0.15) is 12.1 Å². The Labute approximate surface area is 390 Å². The lowest BCUT2D eigenvalue weighted by Gasteiger charge is -2.36. The Morgan fingerprint density at radius 1 is 0.908 bits per heavy atom. The minimum absolute atomic E-state index is 0.0564. The first kappa shape index (κ1) is 50.5. The molecule has 5 heterocycles. The molecule has 0 unspecified atom stereocenters. The molecule has 3 aliphatic heterocycles. The molecule has 3 aliphatic rings. The van der Waals surface area contributed by atoms with Crippen molar-refractivity contribution in [1.29, 1.82) is 0 Å². The van der Waals surface area contributed by atoms with Crippen molar-refractivity contribution in [3.05, 3.63) is 80.4 Å². The van der Waals surface area contributed by atoms with Gasteiger partial charge in [0.05, 0.1) is 30.6 Å². The third-order valence-electron chi connectivity index (χ3n) is 11.7. The second-order valence-electron chi connectivity index (χ2n) is 18.7. The van der Waals surface area contributed by atoms with Gasteiger partial charge in [0.15, 0.2) is 10.2 Å². The number of alkyl halides is 2. The van der Waals surface area contributed by atoms with Crippen molar-refractivity contribution in [1.82, 2.24) is 20.1 Å². The number of aromatic amines is 1. The fourth-order valence-corrected chi connectivity index (χ4v) is 12.5. The summed E-state index contributed by atoms with van der Waals surface area (Å²) in [6.45, 7) is 17.5. The average molecular weight is 976 g/mol. The molecular formula is C45H56F2N5O9PS3. The van der Waals surface area contributed by atoms with Crippen LogP contribution in [0.3, 0.4) is 0 Å². The lowest BCUT2D eigenvalue weighted by molar-refractivity contribution is -0.146. The zero-order chi connectivity index (χ0) is 47.5. The number of thioether (sulfide) groups is 2. The van der Waals surface area contributed by atoms with E-state index < -0.39 is 66.9 Å². The maximum absolute atomic E-state index is 16.5. The van der Waals surface area contributed by atoms with Crippen LogP contribution in [0.15, 0.2) is 47.4 Å². The van der Waals surface area contributed by atoms with Crippen molar-refractivity contribution in [2.75, 3.05) is 37.8 Å². The molecule has 3 fully saturated rings. The van der Waals surface area contributed by atoms with E-state index in [1.807, 2.05) is 0 Å². The second-order valence-corrected chi connectivity index (χ2v) is 24.0. The van der Waals surface area contributed by atoms with Crippen LogP contribution in [-0.2, 0) is 38.5 Å². The molecule has 3 amide bonds. The number of hydrogen-bond donors (Lipinski definition) is 2. The van der Waals surface area contributed by atoms with Crippen molar-refractivity contribution in [3.8, 4) is 0 Å². The first-order valence-corrected chi connectivity index (χ1v) is 26.0. The summed E-state index contributed by atoms with van der Waals surface area (Å²) >= 11 is 2.77. The predicted octanol–water partition coefficient (Wildman–Crippen LogP) is 8.42. The van der Waals surface area contributed by atoms with Crippen LogP contribution in [-0.4, -0.2) is 105 Å². The maximum atomic E-state index is 16.5. The highest BCUT2D eigenvalue weighted by molar-refractivity contribution is 8.14. The van der Waals surface area contributed by atoms with E-state index in [0.717, 1.165) is 53.4 Å². The molecule has 20 heteroatoms. The molecule has 0 aliphatic carbocycles. The molecule has 65 heavy (non-hydrogen) atoms. The Hall–Kier alpha value is -3.92. The highest BCUT2D eigenvalue weighted by atomic mass is 32.2. The number of aromatic nitrogens is 1. The molecule has 2 aromatic heterocycles. The number of H-pyrrole nitrogens is 1. The third kappa shape index (κ3) is 11.6. The largest absolute Gasteiger partial charge is 0.404 e. The summed E-state index contributed by atoms with van der Waals surface area (Å²) in [5, 5.41) is 2.71. The fourth-order valence-electron chi connectivity index (χ4n) is 8.18. The Morgan fingerprint density at radius 2 is 1.55 bits per heavy atom. The van der Waals surface area contributed by atoms with Gasteiger partial charge in [-0.25, -0.2) is 6.57 Å². The van der Waals surface area contributed by atoms with Crippen molar-refractivity contribution >= 4 is 80.5 Å². The van der Waals surface area contributed by atoms with Gasteiger partial charge in [0.25, 0.3) is 5.91 Å². The van der Waals surface area contributed by atoms with Crippen LogP contribution in [0.25, 0.3) is 14.9 Å². The number of rotatable bonds is 14. The van der Waals surface area contributed by atoms with Gasteiger partial charge in [-0.2, -0.15) is 8.78 Å². The van der Waals surface area contributed by atoms with E-state index in [0.29, 0.717) is 42.4 Å². The average Bonchev–Trinajstić information content (AvgIpc) is 4.00. The Morgan fingerprint density at radius 3 is 2.17 bits per heavy atom. The van der Waals surface area contributed by atoms with Gasteiger partial charge in [-0.15, -0.1) is 11.3 Å². The summed E-state index contributed by atoms with van der Waals surface area (Å²) in [7, 11) is -5.28. The number of thiophene rings is 1. The lowest BCUT2D eigenvalue weighted by Crippen LogP contribution is -2.56. The van der Waals surface area contributed by atoms with E-state index in [-0.39, 0.29) is 74.4 Å². The molecule has 6 rings (SSSR count). The topological polar surface area (TPSA) is 177 Å². The number of carbonyl (C=O) groups excluding carboxylic acids is 5. The van der Waals surface area contributed by atoms with E-state index in [9.17, 15) is 33.3 Å². The van der Waals surface area contributed by atoms with E-state index in [4.69, 9.17) is 15.6 Å². The number of benzene rings is 1. The summed E-state index contributed by atoms with van der Waals surface area (Å²) in [4.78, 5) is 89.1. The van der Waals surface area contributed by atoms with Crippen LogP contribution in [0.1, 0.15) is 107 Å². The number of likely N-dealkylation sites (tertiary alicyclic amines) is 1. The molecule has 0 spiro atoms. The van der Waals surface area contributed by atoms with Crippen LogP contribution in [0.5, 0.6) is 0 Å². The normalized spacial score (nSPS) is 22.0. The lowest BCUT2D eigenvalue weighted by atomic mass is 9.96.